The van der Waals surface area contributed by atoms with E-state index >= 15 is 0 Å². The Bertz CT molecular complexity index is 856. The van der Waals surface area contributed by atoms with Gasteiger partial charge in [0.2, 0.25) is 5.91 Å². The number of carbonyl (C=O) groups excluding carboxylic acids is 1. The molecule has 0 aliphatic carbocycles. The molecule has 5 heteroatoms. The number of hydrogen-bond acceptors (Lipinski definition) is 4. The molecule has 0 atom stereocenters. The summed E-state index contributed by atoms with van der Waals surface area (Å²) in [5.74, 6) is -0.173. The highest BCUT2D eigenvalue weighted by Crippen LogP contribution is 2.21. The van der Waals surface area contributed by atoms with Crippen LogP contribution >= 0.6 is 11.3 Å². The van der Waals surface area contributed by atoms with E-state index in [2.05, 4.69) is 15.5 Å². The third-order valence-corrected chi connectivity index (χ3v) is 4.23. The molecular weight excluding hydrogens is 318 g/mol. The monoisotopic (exact) mass is 335 g/mol. The summed E-state index contributed by atoms with van der Waals surface area (Å²) in [5, 5.41) is 6.74. The fourth-order valence-corrected chi connectivity index (χ4v) is 3.04. The Kier molecular flexibility index (Phi) is 5.13. The van der Waals surface area contributed by atoms with Crippen molar-refractivity contribution in [3.8, 4) is 11.3 Å². The van der Waals surface area contributed by atoms with Gasteiger partial charge in [0.05, 0.1) is 18.3 Å². The number of benzene rings is 2. The molecule has 1 N–H and O–H groups in total. The lowest BCUT2D eigenvalue weighted by Gasteiger charge is -1.98. The predicted octanol–water partition coefficient (Wildman–Crippen LogP) is 3.81. The first kappa shape index (κ1) is 16.1. The molecule has 1 aromatic heterocycles. The summed E-state index contributed by atoms with van der Waals surface area (Å²) in [5.41, 5.74) is 6.60. The standard InChI is InChI=1S/C19H17N3OS/c1-14-6-5-7-15(10-14)12-20-22-18(23)11-19-21-17(13-24-19)16-8-3-2-4-9-16/h2-10,12-13H,11H2,1H3,(H,22,23)/b20-12-. The summed E-state index contributed by atoms with van der Waals surface area (Å²) in [4.78, 5) is 16.5. The van der Waals surface area contributed by atoms with Crippen molar-refractivity contribution in [2.75, 3.05) is 0 Å². The van der Waals surface area contributed by atoms with Crippen LogP contribution in [0.3, 0.4) is 0 Å². The fourth-order valence-electron chi connectivity index (χ4n) is 2.24. The Balaban J connectivity index is 1.57. The van der Waals surface area contributed by atoms with Crippen LogP contribution in [0.1, 0.15) is 16.1 Å². The maximum atomic E-state index is 12.0. The maximum absolute atomic E-state index is 12.0. The van der Waals surface area contributed by atoms with Crippen LogP contribution in [0, 0.1) is 6.92 Å². The Morgan fingerprint density at radius 1 is 1.21 bits per heavy atom. The number of thiazole rings is 1. The largest absolute Gasteiger partial charge is 0.273 e. The Morgan fingerprint density at radius 3 is 2.83 bits per heavy atom. The third kappa shape index (κ3) is 4.36. The van der Waals surface area contributed by atoms with Gasteiger partial charge in [-0.2, -0.15) is 5.10 Å². The summed E-state index contributed by atoms with van der Waals surface area (Å²) >= 11 is 1.48. The number of hydrazone groups is 1. The van der Waals surface area contributed by atoms with Crippen molar-refractivity contribution in [3.05, 3.63) is 76.1 Å². The Morgan fingerprint density at radius 2 is 2.04 bits per heavy atom. The average Bonchev–Trinajstić information content (AvgIpc) is 3.04. The molecule has 120 valence electrons. The highest BCUT2D eigenvalue weighted by atomic mass is 32.1. The summed E-state index contributed by atoms with van der Waals surface area (Å²) in [6.45, 7) is 2.02. The van der Waals surface area contributed by atoms with E-state index in [4.69, 9.17) is 0 Å². The molecule has 0 aliphatic heterocycles. The van der Waals surface area contributed by atoms with Gasteiger partial charge in [0.15, 0.2) is 0 Å². The first-order valence-electron chi connectivity index (χ1n) is 7.59. The second-order valence-electron chi connectivity index (χ2n) is 5.38. The molecule has 3 rings (SSSR count). The second-order valence-corrected chi connectivity index (χ2v) is 6.32. The molecule has 0 spiro atoms. The van der Waals surface area contributed by atoms with Crippen LogP contribution < -0.4 is 5.43 Å². The molecule has 0 aliphatic rings. The molecule has 4 nitrogen and oxygen atoms in total. The topological polar surface area (TPSA) is 54.4 Å². The second kappa shape index (κ2) is 7.66. The van der Waals surface area contributed by atoms with E-state index in [-0.39, 0.29) is 12.3 Å². The van der Waals surface area contributed by atoms with Crippen molar-refractivity contribution in [3.63, 3.8) is 0 Å². The first-order chi connectivity index (χ1) is 11.7. The molecule has 0 radical (unpaired) electrons. The number of carbonyl (C=O) groups is 1. The molecule has 0 saturated carbocycles. The van der Waals surface area contributed by atoms with Gasteiger partial charge >= 0.3 is 0 Å². The van der Waals surface area contributed by atoms with Gasteiger partial charge in [0.25, 0.3) is 0 Å². The van der Waals surface area contributed by atoms with Gasteiger partial charge in [-0.15, -0.1) is 11.3 Å². The minimum Gasteiger partial charge on any atom is -0.273 e. The van der Waals surface area contributed by atoms with E-state index < -0.39 is 0 Å². The van der Waals surface area contributed by atoms with E-state index in [0.717, 1.165) is 27.4 Å². The fraction of sp³-hybridized carbons (Fsp3) is 0.105. The Hall–Kier alpha value is -2.79. The zero-order chi connectivity index (χ0) is 16.8. The average molecular weight is 335 g/mol. The lowest BCUT2D eigenvalue weighted by Crippen LogP contribution is -2.19. The van der Waals surface area contributed by atoms with Gasteiger partial charge in [-0.25, -0.2) is 10.4 Å². The van der Waals surface area contributed by atoms with Crippen LogP contribution in [-0.2, 0) is 11.2 Å². The van der Waals surface area contributed by atoms with Crippen LogP contribution in [0.5, 0.6) is 0 Å². The number of amides is 1. The SMILES string of the molecule is Cc1cccc(/C=N\NC(=O)Cc2nc(-c3ccccc3)cs2)c1. The van der Waals surface area contributed by atoms with Crippen molar-refractivity contribution < 1.29 is 4.79 Å². The van der Waals surface area contributed by atoms with Crippen molar-refractivity contribution in [1.82, 2.24) is 10.4 Å². The molecule has 0 saturated heterocycles. The molecule has 3 aromatic rings. The number of nitrogens with zero attached hydrogens (tertiary/aromatic N) is 2. The van der Waals surface area contributed by atoms with Gasteiger partial charge in [-0.1, -0.05) is 60.2 Å². The first-order valence-corrected chi connectivity index (χ1v) is 8.47. The number of aryl methyl sites for hydroxylation is 1. The van der Waals surface area contributed by atoms with Crippen LogP contribution in [0.15, 0.2) is 65.1 Å². The van der Waals surface area contributed by atoms with E-state index in [0.29, 0.717) is 0 Å². The van der Waals surface area contributed by atoms with Crippen molar-refractivity contribution in [2.24, 2.45) is 5.10 Å². The van der Waals surface area contributed by atoms with Crippen LogP contribution in [0.2, 0.25) is 0 Å². The highest BCUT2D eigenvalue weighted by Gasteiger charge is 2.08. The third-order valence-electron chi connectivity index (χ3n) is 3.38. The molecule has 1 heterocycles. The maximum Gasteiger partial charge on any atom is 0.246 e. The number of rotatable bonds is 5. The summed E-state index contributed by atoms with van der Waals surface area (Å²) in [6, 6.07) is 17.8. The zero-order valence-electron chi connectivity index (χ0n) is 13.3. The smallest absolute Gasteiger partial charge is 0.246 e. The molecular formula is C19H17N3OS. The lowest BCUT2D eigenvalue weighted by molar-refractivity contribution is -0.120. The molecule has 24 heavy (non-hydrogen) atoms. The molecule has 0 fully saturated rings. The highest BCUT2D eigenvalue weighted by molar-refractivity contribution is 7.10. The summed E-state index contributed by atoms with van der Waals surface area (Å²) < 4.78 is 0. The number of aromatic nitrogens is 1. The van der Waals surface area contributed by atoms with Gasteiger partial charge in [0, 0.05) is 10.9 Å². The van der Waals surface area contributed by atoms with Crippen LogP contribution in [0.25, 0.3) is 11.3 Å². The number of hydrogen-bond donors (Lipinski definition) is 1. The van der Waals surface area contributed by atoms with Gasteiger partial charge in [-0.3, -0.25) is 4.79 Å². The van der Waals surface area contributed by atoms with Crippen LogP contribution in [-0.4, -0.2) is 17.1 Å². The van der Waals surface area contributed by atoms with E-state index in [1.54, 1.807) is 6.21 Å². The Labute approximate surface area is 144 Å². The quantitative estimate of drug-likeness (QED) is 0.569. The van der Waals surface area contributed by atoms with Crippen molar-refractivity contribution >= 4 is 23.5 Å². The predicted molar refractivity (Wildman–Crippen MR) is 98.2 cm³/mol. The number of nitrogens with one attached hydrogen (secondary N) is 1. The van der Waals surface area contributed by atoms with Gasteiger partial charge < -0.3 is 0 Å². The van der Waals surface area contributed by atoms with E-state index in [1.165, 1.54) is 11.3 Å². The summed E-state index contributed by atoms with van der Waals surface area (Å²) in [6.07, 6.45) is 1.87. The van der Waals surface area contributed by atoms with E-state index in [9.17, 15) is 4.79 Å². The molecule has 0 unspecified atom stereocenters. The van der Waals surface area contributed by atoms with Crippen molar-refractivity contribution in [1.29, 1.82) is 0 Å². The van der Waals surface area contributed by atoms with Gasteiger partial charge in [-0.05, 0) is 12.5 Å². The van der Waals surface area contributed by atoms with Crippen molar-refractivity contribution in [2.45, 2.75) is 13.3 Å². The minimum atomic E-state index is -0.173. The minimum absolute atomic E-state index is 0.173. The zero-order valence-corrected chi connectivity index (χ0v) is 14.1. The lowest BCUT2D eigenvalue weighted by atomic mass is 10.2. The summed E-state index contributed by atoms with van der Waals surface area (Å²) in [7, 11) is 0. The van der Waals surface area contributed by atoms with Crippen LogP contribution in [0.4, 0.5) is 0 Å². The molecule has 1 amide bonds. The van der Waals surface area contributed by atoms with E-state index in [1.807, 2.05) is 66.9 Å². The molecule has 0 bridgehead atoms. The normalized spacial score (nSPS) is 10.9. The molecule has 2 aromatic carbocycles. The van der Waals surface area contributed by atoms with Gasteiger partial charge in [0.1, 0.15) is 5.01 Å².